The lowest BCUT2D eigenvalue weighted by Crippen LogP contribution is -2.45. The van der Waals surface area contributed by atoms with Crippen molar-refractivity contribution in [3.63, 3.8) is 0 Å². The highest BCUT2D eigenvalue weighted by molar-refractivity contribution is 6.38. The number of nitrogens with zero attached hydrogens (tertiary/aromatic N) is 3. The second-order valence-electron chi connectivity index (χ2n) is 7.22. The molecular weight excluding hydrogens is 375 g/mol. The van der Waals surface area contributed by atoms with Crippen molar-refractivity contribution >= 4 is 39.8 Å². The van der Waals surface area contributed by atoms with Gasteiger partial charge in [-0.15, -0.1) is 0 Å². The van der Waals surface area contributed by atoms with Gasteiger partial charge in [0.05, 0.1) is 27.3 Å². The number of likely N-dealkylation sites (N-methyl/N-ethyl adjacent to an activating group) is 1. The number of carboxylic acids is 1. The van der Waals surface area contributed by atoms with Crippen molar-refractivity contribution in [2.24, 2.45) is 0 Å². The van der Waals surface area contributed by atoms with Crippen LogP contribution in [0.5, 0.6) is 0 Å². The molecule has 0 atom stereocenters. The predicted molar refractivity (Wildman–Crippen MR) is 103 cm³/mol. The van der Waals surface area contributed by atoms with Gasteiger partial charge in [-0.3, -0.25) is 4.79 Å². The lowest BCUT2D eigenvalue weighted by molar-refractivity contribution is 0.0695. The molecule has 0 spiro atoms. The number of fused-ring (bicyclic) bond motifs is 1. The van der Waals surface area contributed by atoms with Gasteiger partial charge in [0.2, 0.25) is 5.43 Å². The third kappa shape index (κ3) is 2.83. The Kier molecular flexibility index (Phi) is 4.27. The highest BCUT2D eigenvalue weighted by Crippen LogP contribution is 2.44. The number of halogens is 2. The summed E-state index contributed by atoms with van der Waals surface area (Å²) in [6, 6.07) is 0.0360. The molecule has 2 heterocycles. The topological polar surface area (TPSA) is 91.8 Å². The molecule has 1 aromatic carbocycles. The zero-order valence-corrected chi connectivity index (χ0v) is 15.6. The third-order valence-corrected chi connectivity index (χ3v) is 5.71. The summed E-state index contributed by atoms with van der Waals surface area (Å²) in [6.45, 7) is 2.67. The van der Waals surface area contributed by atoms with Crippen molar-refractivity contribution in [2.45, 2.75) is 18.9 Å². The van der Waals surface area contributed by atoms with Crippen LogP contribution in [-0.2, 0) is 0 Å². The fraction of sp³-hybridized carbons (Fsp3) is 0.444. The number of nitrogen functional groups attached to an aromatic ring is 1. The van der Waals surface area contributed by atoms with E-state index in [0.717, 1.165) is 25.9 Å². The van der Waals surface area contributed by atoms with E-state index in [2.05, 4.69) is 4.90 Å². The molecule has 2 aromatic rings. The van der Waals surface area contributed by atoms with Crippen LogP contribution in [0.1, 0.15) is 29.2 Å². The van der Waals surface area contributed by atoms with Crippen LogP contribution in [0, 0.1) is 5.82 Å². The summed E-state index contributed by atoms with van der Waals surface area (Å²) in [5.41, 5.74) is 4.94. The Hall–Kier alpha value is -2.32. The van der Waals surface area contributed by atoms with Gasteiger partial charge in [-0.05, 0) is 19.9 Å². The Morgan fingerprint density at radius 1 is 1.30 bits per heavy atom. The number of aromatic nitrogens is 1. The summed E-state index contributed by atoms with van der Waals surface area (Å²) >= 11 is 6.61. The van der Waals surface area contributed by atoms with E-state index < -0.39 is 22.8 Å². The van der Waals surface area contributed by atoms with Gasteiger partial charge in [0.25, 0.3) is 0 Å². The molecule has 2 fully saturated rings. The van der Waals surface area contributed by atoms with E-state index in [1.807, 2.05) is 11.9 Å². The summed E-state index contributed by atoms with van der Waals surface area (Å²) in [5, 5.41) is 9.33. The van der Waals surface area contributed by atoms with E-state index in [1.165, 1.54) is 6.20 Å². The Balaban J connectivity index is 2.03. The lowest BCUT2D eigenvalue weighted by atomic mass is 10.1. The number of hydrogen-bond donors (Lipinski definition) is 2. The second kappa shape index (κ2) is 6.38. The van der Waals surface area contributed by atoms with Gasteiger partial charge in [-0.25, -0.2) is 9.18 Å². The largest absolute Gasteiger partial charge is 0.477 e. The van der Waals surface area contributed by atoms with Crippen molar-refractivity contribution < 1.29 is 14.3 Å². The van der Waals surface area contributed by atoms with E-state index >= 15 is 4.39 Å². The number of benzene rings is 1. The first-order chi connectivity index (χ1) is 12.8. The van der Waals surface area contributed by atoms with Crippen molar-refractivity contribution in [1.82, 2.24) is 9.47 Å². The molecule has 0 radical (unpaired) electrons. The van der Waals surface area contributed by atoms with E-state index in [4.69, 9.17) is 17.3 Å². The number of pyridine rings is 1. The molecule has 1 saturated carbocycles. The first-order valence-electron chi connectivity index (χ1n) is 8.83. The minimum atomic E-state index is -1.37. The Morgan fingerprint density at radius 2 is 1.93 bits per heavy atom. The van der Waals surface area contributed by atoms with Crippen molar-refractivity contribution in [3.05, 3.63) is 32.8 Å². The number of nitrogens with two attached hydrogens (primary N) is 1. The molecular formula is C18H20ClFN4O3. The molecule has 7 nitrogen and oxygen atoms in total. The highest BCUT2D eigenvalue weighted by Gasteiger charge is 2.32. The lowest BCUT2D eigenvalue weighted by Gasteiger charge is -2.35. The van der Waals surface area contributed by atoms with Crippen LogP contribution >= 0.6 is 11.6 Å². The molecule has 0 bridgehead atoms. The van der Waals surface area contributed by atoms with Gasteiger partial charge >= 0.3 is 5.97 Å². The maximum Gasteiger partial charge on any atom is 0.341 e. The van der Waals surface area contributed by atoms with Gasteiger partial charge < -0.3 is 25.2 Å². The second-order valence-corrected chi connectivity index (χ2v) is 7.60. The predicted octanol–water partition coefficient (Wildman–Crippen LogP) is 2.16. The molecule has 1 aliphatic heterocycles. The summed E-state index contributed by atoms with van der Waals surface area (Å²) in [6.07, 6.45) is 2.99. The standard InChI is InChI=1S/C18H20ClFN4O3/c1-22-4-6-23(7-5-22)16-12(19)15-11(14(21)13(16)20)17(25)10(18(26)27)8-24(15)9-2-3-9/h8-9H,2-7,21H2,1H3,(H,26,27). The van der Waals surface area contributed by atoms with E-state index in [1.54, 1.807) is 4.57 Å². The fourth-order valence-corrected chi connectivity index (χ4v) is 4.05. The molecule has 4 rings (SSSR count). The summed E-state index contributed by atoms with van der Waals surface area (Å²) in [7, 11) is 1.99. The quantitative estimate of drug-likeness (QED) is 0.775. The summed E-state index contributed by atoms with van der Waals surface area (Å²) in [5.74, 6) is -2.13. The minimum Gasteiger partial charge on any atom is -0.477 e. The van der Waals surface area contributed by atoms with Crippen LogP contribution < -0.4 is 16.1 Å². The minimum absolute atomic E-state index is 0.0360. The van der Waals surface area contributed by atoms with Crippen LogP contribution in [-0.4, -0.2) is 53.8 Å². The Morgan fingerprint density at radius 3 is 2.48 bits per heavy atom. The van der Waals surface area contributed by atoms with Crippen LogP contribution in [0.3, 0.4) is 0 Å². The van der Waals surface area contributed by atoms with Gasteiger partial charge in [0.1, 0.15) is 5.56 Å². The zero-order valence-electron chi connectivity index (χ0n) is 14.8. The maximum atomic E-state index is 15.2. The van der Waals surface area contributed by atoms with Gasteiger partial charge in [0.15, 0.2) is 5.82 Å². The SMILES string of the molecule is CN1CCN(c2c(F)c(N)c3c(=O)c(C(=O)O)cn(C4CC4)c3c2Cl)CC1. The number of rotatable bonds is 3. The Bertz CT molecular complexity index is 1010. The smallest absolute Gasteiger partial charge is 0.341 e. The van der Waals surface area contributed by atoms with E-state index in [0.29, 0.717) is 18.6 Å². The van der Waals surface area contributed by atoms with Gasteiger partial charge in [0, 0.05) is 38.4 Å². The van der Waals surface area contributed by atoms with Gasteiger partial charge in [-0.2, -0.15) is 0 Å². The zero-order chi connectivity index (χ0) is 19.5. The summed E-state index contributed by atoms with van der Waals surface area (Å²) in [4.78, 5) is 28.2. The molecule has 1 aromatic heterocycles. The molecule has 27 heavy (non-hydrogen) atoms. The van der Waals surface area contributed by atoms with E-state index in [-0.39, 0.29) is 27.8 Å². The van der Waals surface area contributed by atoms with Crippen LogP contribution in [0.15, 0.2) is 11.0 Å². The highest BCUT2D eigenvalue weighted by atomic mass is 35.5. The number of anilines is 2. The van der Waals surface area contributed by atoms with Crippen molar-refractivity contribution in [2.75, 3.05) is 43.9 Å². The molecule has 2 aliphatic rings. The Labute approximate surface area is 159 Å². The average Bonchev–Trinajstić information content (AvgIpc) is 3.46. The number of aromatic carboxylic acids is 1. The average molecular weight is 395 g/mol. The molecule has 1 aliphatic carbocycles. The molecule has 1 saturated heterocycles. The number of piperazine rings is 1. The monoisotopic (exact) mass is 394 g/mol. The fourth-order valence-electron chi connectivity index (χ4n) is 3.65. The molecule has 3 N–H and O–H groups in total. The van der Waals surface area contributed by atoms with Crippen LogP contribution in [0.25, 0.3) is 10.9 Å². The number of hydrogen-bond acceptors (Lipinski definition) is 5. The number of carboxylic acid groups (broad SMARTS) is 1. The third-order valence-electron chi connectivity index (χ3n) is 5.35. The number of carbonyl (C=O) groups is 1. The van der Waals surface area contributed by atoms with Crippen molar-refractivity contribution in [1.29, 1.82) is 0 Å². The first-order valence-corrected chi connectivity index (χ1v) is 9.21. The molecule has 0 unspecified atom stereocenters. The van der Waals surface area contributed by atoms with Crippen molar-refractivity contribution in [3.8, 4) is 0 Å². The van der Waals surface area contributed by atoms with Gasteiger partial charge in [-0.1, -0.05) is 11.6 Å². The normalized spacial score (nSPS) is 18.3. The van der Waals surface area contributed by atoms with Crippen LogP contribution in [0.2, 0.25) is 5.02 Å². The summed E-state index contributed by atoms with van der Waals surface area (Å²) < 4.78 is 16.9. The van der Waals surface area contributed by atoms with E-state index in [9.17, 15) is 14.7 Å². The maximum absolute atomic E-state index is 15.2. The van der Waals surface area contributed by atoms with Crippen LogP contribution in [0.4, 0.5) is 15.8 Å². The molecule has 0 amide bonds. The molecule has 144 valence electrons. The molecule has 9 heteroatoms. The first kappa shape index (κ1) is 18.1.